The van der Waals surface area contributed by atoms with Gasteiger partial charge in [0.05, 0.1) is 4.90 Å². The van der Waals surface area contributed by atoms with Crippen molar-refractivity contribution in [2.75, 3.05) is 11.3 Å². The molecule has 10 heteroatoms. The molecule has 3 aromatic rings. The minimum Gasteiger partial charge on any atom is -0.279 e. The van der Waals surface area contributed by atoms with Gasteiger partial charge in [0.2, 0.25) is 10.0 Å². The van der Waals surface area contributed by atoms with E-state index in [1.165, 1.54) is 22.5 Å². The number of nitrogens with one attached hydrogen (secondary N) is 1. The lowest BCUT2D eigenvalue weighted by molar-refractivity contribution is 0.391. The van der Waals surface area contributed by atoms with Gasteiger partial charge in [0, 0.05) is 18.8 Å². The maximum absolute atomic E-state index is 13.1. The molecule has 0 aliphatic carbocycles. The van der Waals surface area contributed by atoms with Crippen LogP contribution in [0.2, 0.25) is 0 Å². The summed E-state index contributed by atoms with van der Waals surface area (Å²) in [6, 6.07) is 13.0. The number of sulfonamides is 2. The van der Waals surface area contributed by atoms with Crippen molar-refractivity contribution in [1.29, 1.82) is 0 Å². The Labute approximate surface area is 172 Å². The molecule has 1 aliphatic heterocycles. The van der Waals surface area contributed by atoms with Gasteiger partial charge < -0.3 is 0 Å². The second kappa shape index (κ2) is 7.52. The summed E-state index contributed by atoms with van der Waals surface area (Å²) in [5, 5.41) is 1.68. The number of fused-ring (bicyclic) bond motifs is 1. The summed E-state index contributed by atoms with van der Waals surface area (Å²) in [5.41, 5.74) is 2.07. The highest BCUT2D eigenvalue weighted by Crippen LogP contribution is 2.28. The zero-order valence-corrected chi connectivity index (χ0v) is 17.5. The molecular formula is C19H17FN2O4S3. The number of hydrogen-bond donors (Lipinski definition) is 1. The van der Waals surface area contributed by atoms with Crippen LogP contribution in [0, 0.1) is 5.82 Å². The fourth-order valence-electron chi connectivity index (χ4n) is 3.18. The van der Waals surface area contributed by atoms with Crippen molar-refractivity contribution in [2.45, 2.75) is 22.1 Å². The number of rotatable bonds is 5. The number of nitrogens with zero attached hydrogens (tertiary/aromatic N) is 1. The number of hydrogen-bond acceptors (Lipinski definition) is 5. The number of benzene rings is 2. The van der Waals surface area contributed by atoms with Crippen LogP contribution in [0.25, 0.3) is 0 Å². The number of thiophene rings is 1. The van der Waals surface area contributed by atoms with Crippen LogP contribution in [-0.2, 0) is 33.0 Å². The lowest BCUT2D eigenvalue weighted by atomic mass is 10.0. The monoisotopic (exact) mass is 452 g/mol. The van der Waals surface area contributed by atoms with E-state index in [0.717, 1.165) is 34.6 Å². The van der Waals surface area contributed by atoms with E-state index in [2.05, 4.69) is 4.72 Å². The highest BCUT2D eigenvalue weighted by molar-refractivity contribution is 7.94. The van der Waals surface area contributed by atoms with Crippen LogP contribution in [0.4, 0.5) is 10.1 Å². The minimum atomic E-state index is -3.78. The Kier molecular flexibility index (Phi) is 5.19. The van der Waals surface area contributed by atoms with Gasteiger partial charge in [-0.15, -0.1) is 11.3 Å². The van der Waals surface area contributed by atoms with Gasteiger partial charge in [-0.25, -0.2) is 21.2 Å². The standard InChI is InChI=1S/C19H17FN2O4S3/c20-16-4-7-18(8-5-16)29(25,26)22-10-9-14-3-6-17(12-15(14)13-22)21-28(23,24)19-2-1-11-27-19/h1-8,11-12,21H,9-10,13H2. The van der Waals surface area contributed by atoms with Crippen LogP contribution in [0.3, 0.4) is 0 Å². The first-order valence-corrected chi connectivity index (χ1v) is 12.5. The first-order chi connectivity index (χ1) is 13.8. The molecule has 0 bridgehead atoms. The summed E-state index contributed by atoms with van der Waals surface area (Å²) >= 11 is 1.12. The number of halogens is 1. The Bertz CT molecular complexity index is 1240. The lowest BCUT2D eigenvalue weighted by Crippen LogP contribution is -2.36. The highest BCUT2D eigenvalue weighted by atomic mass is 32.2. The van der Waals surface area contributed by atoms with Gasteiger partial charge in [0.25, 0.3) is 10.0 Å². The molecule has 0 spiro atoms. The minimum absolute atomic E-state index is 0.0249. The zero-order valence-electron chi connectivity index (χ0n) is 15.1. The average Bonchev–Trinajstić information content (AvgIpc) is 3.23. The van der Waals surface area contributed by atoms with Gasteiger partial charge in [-0.3, -0.25) is 4.72 Å². The van der Waals surface area contributed by atoms with Gasteiger partial charge in [0.1, 0.15) is 10.0 Å². The van der Waals surface area contributed by atoms with Gasteiger partial charge in [-0.2, -0.15) is 4.31 Å². The molecule has 6 nitrogen and oxygen atoms in total. The lowest BCUT2D eigenvalue weighted by Gasteiger charge is -2.28. The fraction of sp³-hybridized carbons (Fsp3) is 0.158. The highest BCUT2D eigenvalue weighted by Gasteiger charge is 2.28. The molecule has 1 aromatic heterocycles. The molecule has 0 unspecified atom stereocenters. The zero-order chi connectivity index (χ0) is 20.6. The first-order valence-electron chi connectivity index (χ1n) is 8.69. The molecule has 0 saturated carbocycles. The van der Waals surface area contributed by atoms with E-state index >= 15 is 0 Å². The summed E-state index contributed by atoms with van der Waals surface area (Å²) < 4.78 is 67.8. The van der Waals surface area contributed by atoms with Crippen LogP contribution in [0.5, 0.6) is 0 Å². The first kappa shape index (κ1) is 20.0. The summed E-state index contributed by atoms with van der Waals surface area (Å²) in [6.07, 6.45) is 0.508. The van der Waals surface area contributed by atoms with Crippen LogP contribution >= 0.6 is 11.3 Å². The molecule has 0 radical (unpaired) electrons. The van der Waals surface area contributed by atoms with Crippen molar-refractivity contribution < 1.29 is 21.2 Å². The van der Waals surface area contributed by atoms with Crippen molar-refractivity contribution in [2.24, 2.45) is 0 Å². The van der Waals surface area contributed by atoms with E-state index in [4.69, 9.17) is 0 Å². The maximum atomic E-state index is 13.1. The molecule has 0 amide bonds. The van der Waals surface area contributed by atoms with Crippen LogP contribution in [0.15, 0.2) is 69.1 Å². The molecular weight excluding hydrogens is 435 g/mol. The van der Waals surface area contributed by atoms with Gasteiger partial charge in [0.15, 0.2) is 0 Å². The predicted octanol–water partition coefficient (Wildman–Crippen LogP) is 3.44. The molecule has 2 aromatic carbocycles. The van der Waals surface area contributed by atoms with Gasteiger partial charge in [-0.1, -0.05) is 12.1 Å². The third kappa shape index (κ3) is 4.06. The van der Waals surface area contributed by atoms with E-state index in [0.29, 0.717) is 18.7 Å². The summed E-state index contributed by atoms with van der Waals surface area (Å²) in [5.74, 6) is -0.504. The van der Waals surface area contributed by atoms with Crippen LogP contribution in [0.1, 0.15) is 11.1 Å². The molecule has 0 saturated heterocycles. The quantitative estimate of drug-likeness (QED) is 0.643. The van der Waals surface area contributed by atoms with E-state index < -0.39 is 25.9 Å². The molecule has 1 aliphatic rings. The van der Waals surface area contributed by atoms with E-state index in [-0.39, 0.29) is 15.6 Å². The van der Waals surface area contributed by atoms with Crippen molar-refractivity contribution in [1.82, 2.24) is 4.31 Å². The van der Waals surface area contributed by atoms with Gasteiger partial charge >= 0.3 is 0 Å². The Hall–Kier alpha value is -2.27. The summed E-state index contributed by atoms with van der Waals surface area (Å²) in [4.78, 5) is 0.0249. The topological polar surface area (TPSA) is 83.6 Å². The van der Waals surface area contributed by atoms with E-state index in [1.807, 2.05) is 6.07 Å². The molecule has 4 rings (SSSR count). The Morgan fingerprint density at radius 1 is 0.966 bits per heavy atom. The SMILES string of the molecule is O=S(=O)(Nc1ccc2c(c1)CN(S(=O)(=O)c1ccc(F)cc1)CC2)c1cccs1. The number of anilines is 1. The fourth-order valence-corrected chi connectivity index (χ4v) is 6.64. The van der Waals surface area contributed by atoms with E-state index in [9.17, 15) is 21.2 Å². The second-order valence-electron chi connectivity index (χ2n) is 6.56. The molecule has 1 N–H and O–H groups in total. The predicted molar refractivity (Wildman–Crippen MR) is 109 cm³/mol. The van der Waals surface area contributed by atoms with E-state index in [1.54, 1.807) is 23.6 Å². The third-order valence-electron chi connectivity index (χ3n) is 4.65. The molecule has 0 fully saturated rings. The normalized spacial score (nSPS) is 15.1. The molecule has 29 heavy (non-hydrogen) atoms. The smallest absolute Gasteiger partial charge is 0.271 e. The molecule has 152 valence electrons. The Morgan fingerprint density at radius 3 is 2.41 bits per heavy atom. The van der Waals surface area contributed by atoms with Crippen molar-refractivity contribution >= 4 is 37.1 Å². The second-order valence-corrected chi connectivity index (χ2v) is 11.4. The van der Waals surface area contributed by atoms with Crippen LogP contribution < -0.4 is 4.72 Å². The Morgan fingerprint density at radius 2 is 1.72 bits per heavy atom. The van der Waals surface area contributed by atoms with Crippen LogP contribution in [-0.4, -0.2) is 27.7 Å². The maximum Gasteiger partial charge on any atom is 0.271 e. The third-order valence-corrected chi connectivity index (χ3v) is 9.29. The molecule has 0 atom stereocenters. The largest absolute Gasteiger partial charge is 0.279 e. The Balaban J connectivity index is 1.59. The van der Waals surface area contributed by atoms with Crippen molar-refractivity contribution in [3.05, 3.63) is 76.9 Å². The summed E-state index contributed by atoms with van der Waals surface area (Å²) in [6.45, 7) is 0.413. The van der Waals surface area contributed by atoms with Crippen molar-refractivity contribution in [3.63, 3.8) is 0 Å². The van der Waals surface area contributed by atoms with Crippen molar-refractivity contribution in [3.8, 4) is 0 Å². The average molecular weight is 453 g/mol. The van der Waals surface area contributed by atoms with Gasteiger partial charge in [-0.05, 0) is 65.4 Å². The summed E-state index contributed by atoms with van der Waals surface area (Å²) in [7, 11) is -7.46. The molecule has 2 heterocycles.